The number of ether oxygens (including phenoxy) is 1. The third kappa shape index (κ3) is 11.9. The molecule has 0 aromatic rings. The number of allylic oxidation sites excluding steroid dienone is 4. The van der Waals surface area contributed by atoms with Crippen LogP contribution in [-0.4, -0.2) is 50.5 Å². The number of nitrogens with two attached hydrogens (primary N) is 1. The molecule has 1 heterocycles. The molecule has 2 aliphatic rings. The lowest BCUT2D eigenvalue weighted by molar-refractivity contribution is 0.0247. The minimum atomic E-state index is -2.76. The van der Waals surface area contributed by atoms with Crippen molar-refractivity contribution in [1.82, 2.24) is 10.6 Å². The van der Waals surface area contributed by atoms with Crippen molar-refractivity contribution in [2.24, 2.45) is 22.1 Å². The predicted molar refractivity (Wildman–Crippen MR) is 156 cm³/mol. The first-order valence-corrected chi connectivity index (χ1v) is 12.4. The second kappa shape index (κ2) is 16.8. The Labute approximate surface area is 221 Å². The molecule has 1 saturated carbocycles. The van der Waals surface area contributed by atoms with Crippen LogP contribution in [0.2, 0.25) is 0 Å². The van der Waals surface area contributed by atoms with Gasteiger partial charge in [-0.3, -0.25) is 4.99 Å². The Morgan fingerprint density at radius 1 is 1.33 bits per heavy atom. The molecule has 4 N–H and O–H groups in total. The van der Waals surface area contributed by atoms with Crippen LogP contribution in [0.25, 0.3) is 0 Å². The van der Waals surface area contributed by atoms with Crippen molar-refractivity contribution in [3.8, 4) is 0 Å². The quantitative estimate of drug-likeness (QED) is 0.221. The van der Waals surface area contributed by atoms with E-state index in [1.54, 1.807) is 12.3 Å². The van der Waals surface area contributed by atoms with Crippen molar-refractivity contribution in [2.75, 3.05) is 26.8 Å². The van der Waals surface area contributed by atoms with E-state index in [0.29, 0.717) is 13.2 Å². The molecule has 4 atom stereocenters. The summed E-state index contributed by atoms with van der Waals surface area (Å²) in [6.45, 7) is 14.7. The maximum Gasteiger partial charge on any atom is 0.248 e. The van der Waals surface area contributed by atoms with E-state index < -0.39 is 11.5 Å². The number of aliphatic imine (C=N–C) groups is 1. The van der Waals surface area contributed by atoms with Gasteiger partial charge in [0.15, 0.2) is 0 Å². The van der Waals surface area contributed by atoms with Crippen LogP contribution in [0.15, 0.2) is 53.3 Å². The summed E-state index contributed by atoms with van der Waals surface area (Å²) in [5.41, 5.74) is 7.30. The fourth-order valence-corrected chi connectivity index (χ4v) is 4.10. The van der Waals surface area contributed by atoms with Gasteiger partial charge < -0.3 is 21.1 Å². The Kier molecular flexibility index (Phi) is 17.0. The summed E-state index contributed by atoms with van der Waals surface area (Å²) < 4.78 is 33.4. The smallest absolute Gasteiger partial charge is 0.248 e. The molecule has 0 radical (unpaired) electrons. The molecule has 0 aromatic carbocycles. The van der Waals surface area contributed by atoms with Gasteiger partial charge in [-0.1, -0.05) is 59.6 Å². The molecule has 3 unspecified atom stereocenters. The minimum Gasteiger partial charge on any atom is -0.380 e. The van der Waals surface area contributed by atoms with Gasteiger partial charge >= 0.3 is 0 Å². The predicted octanol–water partition coefficient (Wildman–Crippen LogP) is 6.89. The van der Waals surface area contributed by atoms with Crippen molar-refractivity contribution in [3.05, 3.63) is 48.4 Å². The van der Waals surface area contributed by atoms with E-state index in [1.165, 1.54) is 0 Å². The van der Waals surface area contributed by atoms with Crippen LogP contribution >= 0.6 is 0 Å². The van der Waals surface area contributed by atoms with Gasteiger partial charge in [-0.15, -0.1) is 0 Å². The summed E-state index contributed by atoms with van der Waals surface area (Å²) in [6.07, 6.45) is 13.2. The number of nitrogens with one attached hydrogen (secondary N) is 2. The standard InChI is InChI=1S/C25H40F2N4O.C2H6.2CH4.H2/c1-6-8-20(10-11-24(4,26)27)25(18-32-17-23(3,28)12-14-29-5)15-22(25)19(2)31-21-9-7-13-30-16-21;1-2;;;/h6-8,10,13,16,21-22,29,31H,2,9,11-12,14-15,17-18,28H2,1,3-5H3;1-2H3;2*1H4;1H/b8-6-,20-10+;;;;/t21-,22?,23?,25?;;;;/m1..../s1. The van der Waals surface area contributed by atoms with E-state index in [9.17, 15) is 8.78 Å². The largest absolute Gasteiger partial charge is 0.380 e. The minimum absolute atomic E-state index is 0. The van der Waals surface area contributed by atoms with Crippen molar-refractivity contribution >= 4 is 6.21 Å². The summed E-state index contributed by atoms with van der Waals surface area (Å²) in [5.74, 6) is -2.67. The van der Waals surface area contributed by atoms with Crippen molar-refractivity contribution in [2.45, 2.75) is 92.7 Å². The zero-order chi connectivity index (χ0) is 25.8. The number of rotatable bonds is 14. The lowest BCUT2D eigenvalue weighted by atomic mass is 9.90. The summed E-state index contributed by atoms with van der Waals surface area (Å²) in [7, 11) is 1.89. The van der Waals surface area contributed by atoms with E-state index in [0.717, 1.165) is 44.0 Å². The molecule has 0 amide bonds. The zero-order valence-electron chi connectivity index (χ0n) is 22.0. The Morgan fingerprint density at radius 2 is 2.00 bits per heavy atom. The van der Waals surface area contributed by atoms with Gasteiger partial charge in [0, 0.05) is 42.8 Å². The number of nitrogens with zero attached hydrogens (tertiary/aromatic N) is 1. The normalized spacial score (nSPS) is 24.6. The van der Waals surface area contributed by atoms with E-state index in [2.05, 4.69) is 22.2 Å². The average molecular weight is 515 g/mol. The molecule has 0 spiro atoms. The molecule has 1 aliphatic carbocycles. The third-order valence-corrected chi connectivity index (χ3v) is 6.05. The van der Waals surface area contributed by atoms with E-state index in [4.69, 9.17) is 10.5 Å². The maximum absolute atomic E-state index is 13.6. The van der Waals surface area contributed by atoms with Gasteiger partial charge in [-0.2, -0.15) is 0 Å². The molecule has 0 aromatic heterocycles. The topological polar surface area (TPSA) is 71.7 Å². The highest BCUT2D eigenvalue weighted by atomic mass is 19.3. The molecule has 0 saturated heterocycles. The highest BCUT2D eigenvalue weighted by Gasteiger charge is 2.57. The summed E-state index contributed by atoms with van der Waals surface area (Å²) in [6, 6.07) is 0.0923. The molecule has 0 bridgehead atoms. The van der Waals surface area contributed by atoms with E-state index >= 15 is 0 Å². The lowest BCUT2D eigenvalue weighted by Crippen LogP contribution is -2.44. The number of halogens is 2. The third-order valence-electron chi connectivity index (χ3n) is 6.05. The van der Waals surface area contributed by atoms with Crippen LogP contribution < -0.4 is 16.4 Å². The van der Waals surface area contributed by atoms with Gasteiger partial charge in [-0.05, 0) is 59.2 Å². The molecule has 5 nitrogen and oxygen atoms in total. The zero-order valence-corrected chi connectivity index (χ0v) is 22.0. The highest BCUT2D eigenvalue weighted by molar-refractivity contribution is 5.67. The molecule has 7 heteroatoms. The second-order valence-corrected chi connectivity index (χ2v) is 9.54. The monoisotopic (exact) mass is 514 g/mol. The summed E-state index contributed by atoms with van der Waals surface area (Å²) >= 11 is 0. The van der Waals surface area contributed by atoms with E-state index in [-0.39, 0.29) is 40.1 Å². The number of alkyl halides is 2. The fourth-order valence-electron chi connectivity index (χ4n) is 4.10. The SMILES string of the molecule is C.C.C=C(N[C@H]1C=NC=CC1)C1CC1(COCC(C)(N)CCNC)C(/C=C\C)=C/CC(C)(F)F.CC.[HH]. The van der Waals surface area contributed by atoms with Crippen LogP contribution in [-0.2, 0) is 4.74 Å². The highest BCUT2D eigenvalue weighted by Crippen LogP contribution is 2.61. The van der Waals surface area contributed by atoms with Crippen molar-refractivity contribution < 1.29 is 14.9 Å². The molecule has 2 rings (SSSR count). The van der Waals surface area contributed by atoms with Crippen molar-refractivity contribution in [3.63, 3.8) is 0 Å². The van der Waals surface area contributed by atoms with Crippen LogP contribution in [0.3, 0.4) is 0 Å². The average Bonchev–Trinajstić information content (AvgIpc) is 3.52. The molecule has 36 heavy (non-hydrogen) atoms. The fraction of sp³-hybridized carbons (Fsp3) is 0.690. The summed E-state index contributed by atoms with van der Waals surface area (Å²) in [5, 5.41) is 6.57. The Bertz CT molecular complexity index is 759. The Balaban J connectivity index is -0.00000225. The van der Waals surface area contributed by atoms with Gasteiger partial charge in [0.05, 0.1) is 19.3 Å². The maximum atomic E-state index is 13.6. The first kappa shape index (κ1) is 36.3. The van der Waals surface area contributed by atoms with E-state index in [1.807, 2.05) is 59.2 Å². The van der Waals surface area contributed by atoms with Gasteiger partial charge in [0.1, 0.15) is 0 Å². The lowest BCUT2D eigenvalue weighted by Gasteiger charge is -2.28. The van der Waals surface area contributed by atoms with Gasteiger partial charge in [-0.25, -0.2) is 8.78 Å². The first-order valence-electron chi connectivity index (χ1n) is 12.4. The van der Waals surface area contributed by atoms with Crippen molar-refractivity contribution in [1.29, 1.82) is 0 Å². The molecule has 212 valence electrons. The van der Waals surface area contributed by atoms with Gasteiger partial charge in [0.25, 0.3) is 0 Å². The van der Waals surface area contributed by atoms with Crippen LogP contribution in [0.1, 0.15) is 76.6 Å². The molecular formula is C29H56F2N4O. The van der Waals surface area contributed by atoms with Crippen LogP contribution in [0.5, 0.6) is 0 Å². The summed E-state index contributed by atoms with van der Waals surface area (Å²) in [4.78, 5) is 4.19. The number of hydrogen-bond acceptors (Lipinski definition) is 5. The Morgan fingerprint density at radius 3 is 2.53 bits per heavy atom. The van der Waals surface area contributed by atoms with Crippen LogP contribution in [0, 0.1) is 11.3 Å². The molecular weight excluding hydrogens is 458 g/mol. The molecule has 1 aliphatic heterocycles. The number of hydrogen-bond donors (Lipinski definition) is 3. The first-order chi connectivity index (χ1) is 16.0. The molecule has 1 fully saturated rings. The van der Waals surface area contributed by atoms with Gasteiger partial charge in [0.2, 0.25) is 5.92 Å². The van der Waals surface area contributed by atoms with Crippen LogP contribution in [0.4, 0.5) is 8.78 Å². The second-order valence-electron chi connectivity index (χ2n) is 9.54. The Hall–Kier alpha value is -1.83.